The van der Waals surface area contributed by atoms with E-state index in [0.717, 1.165) is 36.3 Å². The van der Waals surface area contributed by atoms with Gasteiger partial charge in [-0.25, -0.2) is 4.98 Å². The lowest BCUT2D eigenvalue weighted by molar-refractivity contribution is -0.122. The predicted molar refractivity (Wildman–Crippen MR) is 82.4 cm³/mol. The molecule has 0 unspecified atom stereocenters. The fourth-order valence-electron chi connectivity index (χ4n) is 2.77. The van der Waals surface area contributed by atoms with Crippen LogP contribution in [-0.2, 0) is 27.4 Å². The lowest BCUT2D eigenvalue weighted by Crippen LogP contribution is -2.34. The molecule has 1 N–H and O–H groups in total. The Morgan fingerprint density at radius 2 is 2.36 bits per heavy atom. The molecule has 118 valence electrons. The second-order valence-corrected chi connectivity index (χ2v) is 5.48. The number of nitrogens with zero attached hydrogens (tertiary/aromatic N) is 2. The molecule has 0 spiro atoms. The van der Waals surface area contributed by atoms with Crippen molar-refractivity contribution in [2.45, 2.75) is 32.1 Å². The summed E-state index contributed by atoms with van der Waals surface area (Å²) < 4.78 is 12.6. The van der Waals surface area contributed by atoms with E-state index in [9.17, 15) is 4.79 Å². The second kappa shape index (κ2) is 6.89. The van der Waals surface area contributed by atoms with Gasteiger partial charge in [0, 0.05) is 20.3 Å². The SMILES string of the molecule is COCc1nc2ccccc2n1CC(=O)NC[C@@H]1CCCO1. The van der Waals surface area contributed by atoms with Gasteiger partial charge in [-0.2, -0.15) is 0 Å². The maximum atomic E-state index is 12.2. The normalized spacial score (nSPS) is 18.0. The third-order valence-electron chi connectivity index (χ3n) is 3.86. The van der Waals surface area contributed by atoms with E-state index in [0.29, 0.717) is 13.2 Å². The first kappa shape index (κ1) is 15.0. The van der Waals surface area contributed by atoms with Crippen molar-refractivity contribution in [3.63, 3.8) is 0 Å². The van der Waals surface area contributed by atoms with Gasteiger partial charge in [0.2, 0.25) is 5.91 Å². The molecule has 1 aliphatic rings. The van der Waals surface area contributed by atoms with Crippen LogP contribution in [0.25, 0.3) is 11.0 Å². The van der Waals surface area contributed by atoms with Crippen LogP contribution in [0.5, 0.6) is 0 Å². The highest BCUT2D eigenvalue weighted by Gasteiger charge is 2.17. The molecule has 1 aromatic heterocycles. The van der Waals surface area contributed by atoms with E-state index in [1.807, 2.05) is 28.8 Å². The third-order valence-corrected chi connectivity index (χ3v) is 3.86. The number of nitrogens with one attached hydrogen (secondary N) is 1. The summed E-state index contributed by atoms with van der Waals surface area (Å²) in [4.78, 5) is 16.7. The largest absolute Gasteiger partial charge is 0.377 e. The minimum atomic E-state index is -0.0315. The maximum absolute atomic E-state index is 12.2. The molecular weight excluding hydrogens is 282 g/mol. The highest BCUT2D eigenvalue weighted by atomic mass is 16.5. The zero-order chi connectivity index (χ0) is 15.4. The fourth-order valence-corrected chi connectivity index (χ4v) is 2.77. The van der Waals surface area contributed by atoms with Gasteiger partial charge in [0.1, 0.15) is 19.0 Å². The molecule has 1 aliphatic heterocycles. The molecule has 1 fully saturated rings. The molecule has 0 radical (unpaired) electrons. The van der Waals surface area contributed by atoms with Gasteiger partial charge in [-0.1, -0.05) is 12.1 Å². The number of carbonyl (C=O) groups is 1. The monoisotopic (exact) mass is 303 g/mol. The molecule has 0 saturated carbocycles. The highest BCUT2D eigenvalue weighted by Crippen LogP contribution is 2.16. The first-order valence-electron chi connectivity index (χ1n) is 7.59. The van der Waals surface area contributed by atoms with Gasteiger partial charge in [0.15, 0.2) is 0 Å². The highest BCUT2D eigenvalue weighted by molar-refractivity contribution is 5.81. The number of carbonyl (C=O) groups excluding carboxylic acids is 1. The fraction of sp³-hybridized carbons (Fsp3) is 0.500. The van der Waals surface area contributed by atoms with Crippen molar-refractivity contribution >= 4 is 16.9 Å². The number of fused-ring (bicyclic) bond motifs is 1. The molecule has 1 aromatic carbocycles. The van der Waals surface area contributed by atoms with E-state index in [1.165, 1.54) is 0 Å². The van der Waals surface area contributed by atoms with Gasteiger partial charge in [0.05, 0.1) is 17.1 Å². The van der Waals surface area contributed by atoms with Gasteiger partial charge >= 0.3 is 0 Å². The molecule has 0 bridgehead atoms. The Balaban J connectivity index is 1.71. The Labute approximate surface area is 129 Å². The number of rotatable bonds is 6. The van der Waals surface area contributed by atoms with Crippen molar-refractivity contribution in [3.05, 3.63) is 30.1 Å². The summed E-state index contributed by atoms with van der Waals surface area (Å²) in [5.41, 5.74) is 1.82. The van der Waals surface area contributed by atoms with Crippen molar-refractivity contribution in [3.8, 4) is 0 Å². The number of imidazole rings is 1. The number of hydrogen-bond donors (Lipinski definition) is 1. The average molecular weight is 303 g/mol. The molecule has 2 aromatic rings. The number of amides is 1. The Hall–Kier alpha value is -1.92. The molecule has 6 nitrogen and oxygen atoms in total. The molecule has 0 aliphatic carbocycles. The van der Waals surface area contributed by atoms with Crippen LogP contribution in [0.2, 0.25) is 0 Å². The topological polar surface area (TPSA) is 65.4 Å². The van der Waals surface area contributed by atoms with E-state index in [4.69, 9.17) is 9.47 Å². The van der Waals surface area contributed by atoms with Crippen LogP contribution in [0, 0.1) is 0 Å². The zero-order valence-electron chi connectivity index (χ0n) is 12.7. The number of methoxy groups -OCH3 is 1. The molecule has 1 amide bonds. The molecular formula is C16H21N3O3. The summed E-state index contributed by atoms with van der Waals surface area (Å²) in [6.45, 7) is 2.00. The van der Waals surface area contributed by atoms with Crippen LogP contribution < -0.4 is 5.32 Å². The quantitative estimate of drug-likeness (QED) is 0.878. The molecule has 6 heteroatoms. The molecule has 22 heavy (non-hydrogen) atoms. The van der Waals surface area contributed by atoms with Crippen LogP contribution in [0.1, 0.15) is 18.7 Å². The van der Waals surface area contributed by atoms with E-state index in [1.54, 1.807) is 7.11 Å². The zero-order valence-corrected chi connectivity index (χ0v) is 12.7. The Morgan fingerprint density at radius 3 is 3.14 bits per heavy atom. The second-order valence-electron chi connectivity index (χ2n) is 5.48. The lowest BCUT2D eigenvalue weighted by atomic mass is 10.2. The van der Waals surface area contributed by atoms with Gasteiger partial charge in [-0.15, -0.1) is 0 Å². The summed E-state index contributed by atoms with van der Waals surface area (Å²) in [5.74, 6) is 0.729. The standard InChI is InChI=1S/C16H21N3O3/c1-21-11-15-18-13-6-2-3-7-14(13)19(15)10-16(20)17-9-12-5-4-8-22-12/h2-3,6-7,12H,4-5,8-11H2,1H3,(H,17,20)/t12-/m0/s1. The number of aromatic nitrogens is 2. The van der Waals surface area contributed by atoms with Gasteiger partial charge in [-0.05, 0) is 25.0 Å². The molecule has 1 saturated heterocycles. The Morgan fingerprint density at radius 1 is 1.50 bits per heavy atom. The number of hydrogen-bond acceptors (Lipinski definition) is 4. The van der Waals surface area contributed by atoms with Crippen molar-refractivity contribution in [1.82, 2.24) is 14.9 Å². The van der Waals surface area contributed by atoms with Gasteiger partial charge in [0.25, 0.3) is 0 Å². The summed E-state index contributed by atoms with van der Waals surface area (Å²) in [6, 6.07) is 7.79. The minimum absolute atomic E-state index is 0.0315. The van der Waals surface area contributed by atoms with Crippen molar-refractivity contribution in [2.75, 3.05) is 20.3 Å². The van der Waals surface area contributed by atoms with Crippen LogP contribution >= 0.6 is 0 Å². The summed E-state index contributed by atoms with van der Waals surface area (Å²) in [7, 11) is 1.63. The maximum Gasteiger partial charge on any atom is 0.240 e. The first-order chi connectivity index (χ1) is 10.8. The third kappa shape index (κ3) is 3.28. The lowest BCUT2D eigenvalue weighted by Gasteiger charge is -2.12. The van der Waals surface area contributed by atoms with Crippen molar-refractivity contribution < 1.29 is 14.3 Å². The number of para-hydroxylation sites is 2. The van der Waals surface area contributed by atoms with Crippen LogP contribution in [0.15, 0.2) is 24.3 Å². The van der Waals surface area contributed by atoms with Crippen molar-refractivity contribution in [1.29, 1.82) is 0 Å². The Bertz CT molecular complexity index is 647. The summed E-state index contributed by atoms with van der Waals surface area (Å²) >= 11 is 0. The number of benzene rings is 1. The minimum Gasteiger partial charge on any atom is -0.377 e. The van der Waals surface area contributed by atoms with Gasteiger partial charge < -0.3 is 19.4 Å². The molecule has 1 atom stereocenters. The van der Waals surface area contributed by atoms with Crippen LogP contribution in [-0.4, -0.2) is 41.8 Å². The first-order valence-corrected chi connectivity index (χ1v) is 7.59. The van der Waals surface area contributed by atoms with Gasteiger partial charge in [-0.3, -0.25) is 4.79 Å². The van der Waals surface area contributed by atoms with Crippen molar-refractivity contribution in [2.24, 2.45) is 0 Å². The summed E-state index contributed by atoms with van der Waals surface area (Å²) in [5, 5.41) is 2.94. The predicted octanol–water partition coefficient (Wildman–Crippen LogP) is 1.48. The van der Waals surface area contributed by atoms with E-state index in [2.05, 4.69) is 10.3 Å². The van der Waals surface area contributed by atoms with E-state index in [-0.39, 0.29) is 18.6 Å². The van der Waals surface area contributed by atoms with E-state index < -0.39 is 0 Å². The number of ether oxygens (including phenoxy) is 2. The average Bonchev–Trinajstić information content (AvgIpc) is 3.15. The summed E-state index contributed by atoms with van der Waals surface area (Å²) in [6.07, 6.45) is 2.25. The van der Waals surface area contributed by atoms with Crippen LogP contribution in [0.3, 0.4) is 0 Å². The molecule has 2 heterocycles. The van der Waals surface area contributed by atoms with Crippen LogP contribution in [0.4, 0.5) is 0 Å². The smallest absolute Gasteiger partial charge is 0.240 e. The Kier molecular flexibility index (Phi) is 4.70. The molecule has 3 rings (SSSR count). The van der Waals surface area contributed by atoms with E-state index >= 15 is 0 Å².